The Balaban J connectivity index is 1.67. The van der Waals surface area contributed by atoms with Gasteiger partial charge in [-0.2, -0.15) is 4.31 Å². The molecule has 1 amide bonds. The van der Waals surface area contributed by atoms with E-state index in [1.165, 1.54) is 4.31 Å². The Bertz CT molecular complexity index is 1060. The molecule has 0 unspecified atom stereocenters. The van der Waals surface area contributed by atoms with Crippen LogP contribution in [-0.2, 0) is 19.6 Å². The van der Waals surface area contributed by atoms with Gasteiger partial charge in [-0.25, -0.2) is 8.42 Å². The number of carbonyl (C=O) groups excluding carboxylic acids is 1. The summed E-state index contributed by atoms with van der Waals surface area (Å²) in [6, 6.07) is 11.9. The molecule has 4 rings (SSSR count). The standard InChI is InChI=1S/C22H26N2O4S2/c1-16(29)28-19-14-21(22(25)23-11-5-2-6-12-23)24(15-19)30(26,27)20-10-9-17-7-3-4-8-18(17)13-20/h3-4,7-10,13,19,21H,2,5-6,11-12,14-15H2,1H3/t19-,21-/m0/s1. The summed E-state index contributed by atoms with van der Waals surface area (Å²) in [5.41, 5.74) is 0. The van der Waals surface area contributed by atoms with Gasteiger partial charge in [0, 0.05) is 26.4 Å². The van der Waals surface area contributed by atoms with E-state index < -0.39 is 22.2 Å². The molecule has 8 heteroatoms. The smallest absolute Gasteiger partial charge is 0.243 e. The van der Waals surface area contributed by atoms with Crippen LogP contribution in [0.5, 0.6) is 0 Å². The predicted molar refractivity (Wildman–Crippen MR) is 120 cm³/mol. The Labute approximate surface area is 182 Å². The zero-order valence-corrected chi connectivity index (χ0v) is 18.6. The van der Waals surface area contributed by atoms with E-state index in [9.17, 15) is 13.2 Å². The number of hydrogen-bond acceptors (Lipinski definition) is 5. The normalized spacial score (nSPS) is 22.9. The second kappa shape index (κ2) is 8.61. The molecule has 2 aromatic carbocycles. The number of amides is 1. The van der Waals surface area contributed by atoms with E-state index in [-0.39, 0.29) is 17.3 Å². The highest BCUT2D eigenvalue weighted by Crippen LogP contribution is 2.31. The summed E-state index contributed by atoms with van der Waals surface area (Å²) in [7, 11) is -3.87. The van der Waals surface area contributed by atoms with Gasteiger partial charge >= 0.3 is 0 Å². The van der Waals surface area contributed by atoms with Gasteiger partial charge in [0.25, 0.3) is 0 Å². The molecule has 0 spiro atoms. The van der Waals surface area contributed by atoms with Gasteiger partial charge in [-0.05, 0) is 54.4 Å². The van der Waals surface area contributed by atoms with Crippen molar-refractivity contribution in [2.75, 3.05) is 19.6 Å². The highest BCUT2D eigenvalue weighted by atomic mass is 32.2. The first-order valence-corrected chi connectivity index (χ1v) is 12.2. The first-order valence-electron chi connectivity index (χ1n) is 10.3. The molecule has 6 nitrogen and oxygen atoms in total. The fourth-order valence-electron chi connectivity index (χ4n) is 4.37. The third-order valence-electron chi connectivity index (χ3n) is 5.83. The molecule has 30 heavy (non-hydrogen) atoms. The molecule has 2 heterocycles. The van der Waals surface area contributed by atoms with Gasteiger partial charge in [0.1, 0.15) is 12.1 Å². The Morgan fingerprint density at radius 2 is 1.77 bits per heavy atom. The second-order valence-corrected chi connectivity index (χ2v) is 10.4. The predicted octanol–water partition coefficient (Wildman–Crippen LogP) is 3.35. The van der Waals surface area contributed by atoms with Crippen molar-refractivity contribution in [2.45, 2.75) is 49.6 Å². The van der Waals surface area contributed by atoms with E-state index in [1.54, 1.807) is 30.0 Å². The Kier molecular flexibility index (Phi) is 6.09. The zero-order valence-electron chi connectivity index (χ0n) is 17.0. The van der Waals surface area contributed by atoms with E-state index in [4.69, 9.17) is 17.0 Å². The molecule has 0 N–H and O–H groups in total. The lowest BCUT2D eigenvalue weighted by molar-refractivity contribution is -0.135. The average molecular weight is 447 g/mol. The van der Waals surface area contributed by atoms with Crippen LogP contribution in [0.3, 0.4) is 0 Å². The van der Waals surface area contributed by atoms with Crippen LogP contribution in [0.25, 0.3) is 10.8 Å². The van der Waals surface area contributed by atoms with Crippen LogP contribution >= 0.6 is 12.2 Å². The molecule has 0 bridgehead atoms. The second-order valence-electron chi connectivity index (χ2n) is 7.95. The topological polar surface area (TPSA) is 66.9 Å². The van der Waals surface area contributed by atoms with Crippen molar-refractivity contribution >= 4 is 44.0 Å². The van der Waals surface area contributed by atoms with Gasteiger partial charge in [0.05, 0.1) is 11.4 Å². The maximum absolute atomic E-state index is 13.6. The molecule has 2 atom stereocenters. The largest absolute Gasteiger partial charge is 0.483 e. The van der Waals surface area contributed by atoms with Gasteiger partial charge in [-0.3, -0.25) is 4.79 Å². The third-order valence-corrected chi connectivity index (χ3v) is 7.80. The van der Waals surface area contributed by atoms with Crippen LogP contribution in [0.4, 0.5) is 0 Å². The Morgan fingerprint density at radius 3 is 2.47 bits per heavy atom. The molecule has 2 aromatic rings. The van der Waals surface area contributed by atoms with Gasteiger partial charge in [-0.15, -0.1) is 0 Å². The molecular formula is C22H26N2O4S2. The SMILES string of the molecule is CC(=S)O[C@H]1C[C@@H](C(=O)N2CCCCC2)N(S(=O)(=O)c2ccc3ccccc3c2)C1. The minimum absolute atomic E-state index is 0.118. The van der Waals surface area contributed by atoms with Crippen molar-refractivity contribution in [1.82, 2.24) is 9.21 Å². The number of carbonyl (C=O) groups is 1. The molecule has 160 valence electrons. The number of ether oxygens (including phenoxy) is 1. The quantitative estimate of drug-likeness (QED) is 0.674. The summed E-state index contributed by atoms with van der Waals surface area (Å²) in [5.74, 6) is -0.132. The molecule has 2 aliphatic rings. The van der Waals surface area contributed by atoms with Crippen LogP contribution in [0.1, 0.15) is 32.6 Å². The van der Waals surface area contributed by atoms with Gasteiger partial charge in [0.2, 0.25) is 15.9 Å². The summed E-state index contributed by atoms with van der Waals surface area (Å²) in [5, 5.41) is 2.17. The van der Waals surface area contributed by atoms with Gasteiger partial charge < -0.3 is 9.64 Å². The molecule has 2 fully saturated rings. The minimum atomic E-state index is -3.87. The van der Waals surface area contributed by atoms with E-state index in [1.807, 2.05) is 24.3 Å². The first-order chi connectivity index (χ1) is 14.4. The number of rotatable bonds is 4. The molecule has 2 aliphatic heterocycles. The van der Waals surface area contributed by atoms with E-state index in [0.29, 0.717) is 24.6 Å². The Hall–Kier alpha value is -2.03. The van der Waals surface area contributed by atoms with Crippen LogP contribution in [0.15, 0.2) is 47.4 Å². The maximum atomic E-state index is 13.6. The van der Waals surface area contributed by atoms with Gasteiger partial charge in [0.15, 0.2) is 5.05 Å². The first kappa shape index (κ1) is 21.2. The number of thiocarbonyl (C=S) groups is 1. The fourth-order valence-corrected chi connectivity index (χ4v) is 6.16. The lowest BCUT2D eigenvalue weighted by Crippen LogP contribution is -2.49. The summed E-state index contributed by atoms with van der Waals surface area (Å²) in [6.45, 7) is 3.14. The number of nitrogens with zero attached hydrogens (tertiary/aromatic N) is 2. The number of fused-ring (bicyclic) bond motifs is 1. The van der Waals surface area contributed by atoms with Crippen LogP contribution in [0.2, 0.25) is 0 Å². The van der Waals surface area contributed by atoms with Crippen molar-refractivity contribution in [3.63, 3.8) is 0 Å². The van der Waals surface area contributed by atoms with Crippen LogP contribution < -0.4 is 0 Å². The molecule has 0 aliphatic carbocycles. The summed E-state index contributed by atoms with van der Waals surface area (Å²) >= 11 is 5.05. The Morgan fingerprint density at radius 1 is 1.07 bits per heavy atom. The number of piperidine rings is 1. The monoisotopic (exact) mass is 446 g/mol. The molecule has 0 radical (unpaired) electrons. The lowest BCUT2D eigenvalue weighted by atomic mass is 10.1. The van der Waals surface area contributed by atoms with Crippen molar-refractivity contribution in [3.05, 3.63) is 42.5 Å². The third kappa shape index (κ3) is 4.22. The van der Waals surface area contributed by atoms with Crippen molar-refractivity contribution < 1.29 is 17.9 Å². The molecular weight excluding hydrogens is 420 g/mol. The molecule has 2 saturated heterocycles. The number of benzene rings is 2. The van der Waals surface area contributed by atoms with Crippen LogP contribution in [-0.4, -0.2) is 60.4 Å². The number of hydrogen-bond donors (Lipinski definition) is 0. The maximum Gasteiger partial charge on any atom is 0.243 e. The van der Waals surface area contributed by atoms with E-state index in [0.717, 1.165) is 30.0 Å². The summed E-state index contributed by atoms with van der Waals surface area (Å²) < 4.78 is 34.1. The van der Waals surface area contributed by atoms with E-state index in [2.05, 4.69) is 0 Å². The number of sulfonamides is 1. The molecule has 0 aromatic heterocycles. The van der Waals surface area contributed by atoms with Gasteiger partial charge in [-0.1, -0.05) is 30.3 Å². The average Bonchev–Trinajstić information content (AvgIpc) is 3.17. The lowest BCUT2D eigenvalue weighted by Gasteiger charge is -2.32. The highest BCUT2D eigenvalue weighted by Gasteiger charge is 2.46. The summed E-state index contributed by atoms with van der Waals surface area (Å²) in [6.07, 6.45) is 2.90. The molecule has 0 saturated carbocycles. The zero-order chi connectivity index (χ0) is 21.3. The van der Waals surface area contributed by atoms with Crippen molar-refractivity contribution in [2.24, 2.45) is 0 Å². The number of likely N-dealkylation sites (tertiary alicyclic amines) is 1. The van der Waals surface area contributed by atoms with Crippen LogP contribution in [0, 0.1) is 0 Å². The highest BCUT2D eigenvalue weighted by molar-refractivity contribution is 7.89. The minimum Gasteiger partial charge on any atom is -0.483 e. The summed E-state index contributed by atoms with van der Waals surface area (Å²) in [4.78, 5) is 15.3. The van der Waals surface area contributed by atoms with Crippen molar-refractivity contribution in [3.8, 4) is 0 Å². The van der Waals surface area contributed by atoms with Crippen molar-refractivity contribution in [1.29, 1.82) is 0 Å². The fraction of sp³-hybridized carbons (Fsp3) is 0.455. The van der Waals surface area contributed by atoms with E-state index >= 15 is 0 Å².